The Bertz CT molecular complexity index is 388. The van der Waals surface area contributed by atoms with Crippen LogP contribution in [0.1, 0.15) is 41.0 Å². The standard InChI is InChI=1S/C16H28N2O/c1-6-10-19-15-9-7-8-14(16(15)17)18(13(4)5)11-12(2)3/h7-9,12-13H,6,10-11,17H2,1-5H3. The van der Waals surface area contributed by atoms with Gasteiger partial charge < -0.3 is 15.4 Å². The minimum absolute atomic E-state index is 0.422. The molecule has 0 saturated heterocycles. The Morgan fingerprint density at radius 2 is 1.89 bits per heavy atom. The Morgan fingerprint density at radius 1 is 1.21 bits per heavy atom. The van der Waals surface area contributed by atoms with Crippen LogP contribution in [-0.4, -0.2) is 19.2 Å². The molecular weight excluding hydrogens is 236 g/mol. The Balaban J connectivity index is 3.02. The number of benzene rings is 1. The maximum absolute atomic E-state index is 6.27. The number of para-hydroxylation sites is 1. The van der Waals surface area contributed by atoms with Crippen molar-refractivity contribution >= 4 is 11.4 Å². The molecule has 3 heteroatoms. The van der Waals surface area contributed by atoms with E-state index < -0.39 is 0 Å². The SMILES string of the molecule is CCCOc1cccc(N(CC(C)C)C(C)C)c1N. The van der Waals surface area contributed by atoms with Gasteiger partial charge in [0.2, 0.25) is 0 Å². The van der Waals surface area contributed by atoms with Gasteiger partial charge >= 0.3 is 0 Å². The van der Waals surface area contributed by atoms with Crippen LogP contribution < -0.4 is 15.4 Å². The number of ether oxygens (including phenoxy) is 1. The van der Waals surface area contributed by atoms with Crippen molar-refractivity contribution in [2.24, 2.45) is 5.92 Å². The number of anilines is 2. The lowest BCUT2D eigenvalue weighted by molar-refractivity contribution is 0.319. The van der Waals surface area contributed by atoms with Crippen LogP contribution in [0.25, 0.3) is 0 Å². The van der Waals surface area contributed by atoms with E-state index in [0.717, 1.165) is 30.1 Å². The predicted octanol–water partition coefficient (Wildman–Crippen LogP) is 3.93. The summed E-state index contributed by atoms with van der Waals surface area (Å²) in [5.41, 5.74) is 8.11. The van der Waals surface area contributed by atoms with Crippen LogP contribution in [0, 0.1) is 5.92 Å². The van der Waals surface area contributed by atoms with Crippen LogP contribution in [-0.2, 0) is 0 Å². The quantitative estimate of drug-likeness (QED) is 0.758. The highest BCUT2D eigenvalue weighted by Gasteiger charge is 2.16. The molecule has 0 atom stereocenters. The van der Waals surface area contributed by atoms with Crippen molar-refractivity contribution in [1.82, 2.24) is 0 Å². The van der Waals surface area contributed by atoms with Gasteiger partial charge in [-0.1, -0.05) is 26.8 Å². The van der Waals surface area contributed by atoms with Crippen molar-refractivity contribution in [3.8, 4) is 5.75 Å². The summed E-state index contributed by atoms with van der Waals surface area (Å²) in [7, 11) is 0. The van der Waals surface area contributed by atoms with Gasteiger partial charge in [-0.15, -0.1) is 0 Å². The highest BCUT2D eigenvalue weighted by molar-refractivity contribution is 5.74. The first-order valence-corrected chi connectivity index (χ1v) is 7.25. The van der Waals surface area contributed by atoms with Gasteiger partial charge in [0, 0.05) is 12.6 Å². The zero-order valence-electron chi connectivity index (χ0n) is 12.9. The van der Waals surface area contributed by atoms with Crippen LogP contribution >= 0.6 is 0 Å². The van der Waals surface area contributed by atoms with Gasteiger partial charge in [-0.25, -0.2) is 0 Å². The van der Waals surface area contributed by atoms with Crippen molar-refractivity contribution in [2.75, 3.05) is 23.8 Å². The molecule has 0 bridgehead atoms. The first-order valence-electron chi connectivity index (χ1n) is 7.25. The van der Waals surface area contributed by atoms with Gasteiger partial charge in [-0.2, -0.15) is 0 Å². The van der Waals surface area contributed by atoms with E-state index in [-0.39, 0.29) is 0 Å². The molecule has 1 aromatic carbocycles. The lowest BCUT2D eigenvalue weighted by Crippen LogP contribution is -2.34. The molecule has 1 aromatic rings. The third-order valence-electron chi connectivity index (χ3n) is 3.00. The van der Waals surface area contributed by atoms with Crippen LogP contribution in [0.4, 0.5) is 11.4 Å². The van der Waals surface area contributed by atoms with Crippen molar-refractivity contribution in [3.05, 3.63) is 18.2 Å². The van der Waals surface area contributed by atoms with Crippen molar-refractivity contribution < 1.29 is 4.74 Å². The molecule has 19 heavy (non-hydrogen) atoms. The van der Waals surface area contributed by atoms with Crippen LogP contribution in [0.3, 0.4) is 0 Å². The molecule has 0 aliphatic carbocycles. The van der Waals surface area contributed by atoms with Gasteiger partial charge in [0.05, 0.1) is 18.0 Å². The van der Waals surface area contributed by atoms with Crippen molar-refractivity contribution in [3.63, 3.8) is 0 Å². The molecule has 0 aliphatic rings. The fourth-order valence-corrected chi connectivity index (χ4v) is 2.10. The number of nitrogen functional groups attached to an aromatic ring is 1. The molecule has 0 aromatic heterocycles. The second-order valence-electron chi connectivity index (χ2n) is 5.68. The molecular formula is C16H28N2O. The van der Waals surface area contributed by atoms with E-state index in [1.165, 1.54) is 0 Å². The summed E-state index contributed by atoms with van der Waals surface area (Å²) in [5, 5.41) is 0. The molecule has 0 saturated carbocycles. The fourth-order valence-electron chi connectivity index (χ4n) is 2.10. The molecule has 108 valence electrons. The van der Waals surface area contributed by atoms with E-state index in [1.807, 2.05) is 12.1 Å². The lowest BCUT2D eigenvalue weighted by atomic mass is 10.1. The van der Waals surface area contributed by atoms with Gasteiger partial charge in [0.1, 0.15) is 5.75 Å². The maximum Gasteiger partial charge on any atom is 0.144 e. The molecule has 0 amide bonds. The monoisotopic (exact) mass is 264 g/mol. The van der Waals surface area contributed by atoms with E-state index in [4.69, 9.17) is 10.5 Å². The summed E-state index contributed by atoms with van der Waals surface area (Å²) >= 11 is 0. The van der Waals surface area contributed by atoms with E-state index in [9.17, 15) is 0 Å². The Morgan fingerprint density at radius 3 is 2.42 bits per heavy atom. The number of hydrogen-bond acceptors (Lipinski definition) is 3. The van der Waals surface area contributed by atoms with Crippen LogP contribution in [0.2, 0.25) is 0 Å². The highest BCUT2D eigenvalue weighted by atomic mass is 16.5. The first kappa shape index (κ1) is 15.7. The molecule has 0 fully saturated rings. The largest absolute Gasteiger partial charge is 0.491 e. The Hall–Kier alpha value is -1.38. The topological polar surface area (TPSA) is 38.5 Å². The first-order chi connectivity index (χ1) is 8.97. The third-order valence-corrected chi connectivity index (χ3v) is 3.00. The van der Waals surface area contributed by atoms with Gasteiger partial charge in [-0.05, 0) is 38.3 Å². The molecule has 0 spiro atoms. The van der Waals surface area contributed by atoms with Crippen LogP contribution in [0.15, 0.2) is 18.2 Å². The predicted molar refractivity (Wildman–Crippen MR) is 84.0 cm³/mol. The number of nitrogens with two attached hydrogens (primary N) is 1. The molecule has 0 heterocycles. The third kappa shape index (κ3) is 4.34. The molecule has 0 unspecified atom stereocenters. The summed E-state index contributed by atoms with van der Waals surface area (Å²) in [6.45, 7) is 12.6. The van der Waals surface area contributed by atoms with Crippen LogP contribution in [0.5, 0.6) is 5.75 Å². The van der Waals surface area contributed by atoms with Gasteiger partial charge in [-0.3, -0.25) is 0 Å². The molecule has 0 aliphatic heterocycles. The Kier molecular flexibility index (Phi) is 6.00. The lowest BCUT2D eigenvalue weighted by Gasteiger charge is -2.32. The number of hydrogen-bond donors (Lipinski definition) is 1. The van der Waals surface area contributed by atoms with Crippen molar-refractivity contribution in [1.29, 1.82) is 0 Å². The van der Waals surface area contributed by atoms with E-state index in [0.29, 0.717) is 18.6 Å². The average molecular weight is 264 g/mol. The second-order valence-corrected chi connectivity index (χ2v) is 5.68. The summed E-state index contributed by atoms with van der Waals surface area (Å²) in [5.74, 6) is 1.40. The fraction of sp³-hybridized carbons (Fsp3) is 0.625. The smallest absolute Gasteiger partial charge is 0.144 e. The van der Waals surface area contributed by atoms with E-state index >= 15 is 0 Å². The minimum Gasteiger partial charge on any atom is -0.491 e. The summed E-state index contributed by atoms with van der Waals surface area (Å²) in [4.78, 5) is 2.35. The summed E-state index contributed by atoms with van der Waals surface area (Å²) in [6, 6.07) is 6.47. The zero-order chi connectivity index (χ0) is 14.4. The molecule has 2 N–H and O–H groups in total. The summed E-state index contributed by atoms with van der Waals surface area (Å²) < 4.78 is 5.71. The number of nitrogens with zero attached hydrogens (tertiary/aromatic N) is 1. The molecule has 0 radical (unpaired) electrons. The van der Waals surface area contributed by atoms with E-state index in [2.05, 4.69) is 45.6 Å². The zero-order valence-corrected chi connectivity index (χ0v) is 12.9. The normalized spacial score (nSPS) is 11.1. The summed E-state index contributed by atoms with van der Waals surface area (Å²) in [6.07, 6.45) is 0.990. The van der Waals surface area contributed by atoms with Crippen molar-refractivity contribution in [2.45, 2.75) is 47.1 Å². The van der Waals surface area contributed by atoms with E-state index in [1.54, 1.807) is 0 Å². The highest BCUT2D eigenvalue weighted by Crippen LogP contribution is 2.33. The number of rotatable bonds is 7. The average Bonchev–Trinajstić information content (AvgIpc) is 2.34. The molecule has 3 nitrogen and oxygen atoms in total. The molecule has 1 rings (SSSR count). The minimum atomic E-state index is 0.422. The Labute approximate surface area is 117 Å². The van der Waals surface area contributed by atoms with Gasteiger partial charge in [0.15, 0.2) is 0 Å². The second kappa shape index (κ2) is 7.27. The maximum atomic E-state index is 6.27. The van der Waals surface area contributed by atoms with Gasteiger partial charge in [0.25, 0.3) is 0 Å².